The van der Waals surface area contributed by atoms with E-state index in [1.165, 1.54) is 11.6 Å². The van der Waals surface area contributed by atoms with Crippen molar-refractivity contribution in [1.29, 1.82) is 0 Å². The van der Waals surface area contributed by atoms with E-state index in [0.717, 1.165) is 4.47 Å². The Morgan fingerprint density at radius 3 is 2.24 bits per heavy atom. The summed E-state index contributed by atoms with van der Waals surface area (Å²) in [6.45, 7) is 6.36. The van der Waals surface area contributed by atoms with Crippen LogP contribution in [0.5, 0.6) is 0 Å². The molecule has 0 fully saturated rings. The summed E-state index contributed by atoms with van der Waals surface area (Å²) in [5.41, 5.74) is 1.93. The zero-order valence-electron chi connectivity index (χ0n) is 12.6. The molecule has 1 N–H and O–H groups in total. The molecule has 0 bridgehead atoms. The third-order valence-corrected chi connectivity index (χ3v) is 4.18. The third kappa shape index (κ3) is 4.14. The van der Waals surface area contributed by atoms with E-state index in [0.29, 0.717) is 11.5 Å². The number of halogens is 2. The van der Waals surface area contributed by atoms with Crippen LogP contribution in [-0.2, 0) is 0 Å². The van der Waals surface area contributed by atoms with E-state index >= 15 is 0 Å². The van der Waals surface area contributed by atoms with Crippen molar-refractivity contribution in [2.75, 3.05) is 0 Å². The SMILES string of the molecule is CC(NC(c1ccccc1)C(C)C)c1ccc(Br)cc1F. The second-order valence-electron chi connectivity index (χ2n) is 5.69. The van der Waals surface area contributed by atoms with E-state index in [9.17, 15) is 4.39 Å². The Kier molecular flexibility index (Phi) is 5.54. The van der Waals surface area contributed by atoms with Crippen LogP contribution in [0.4, 0.5) is 4.39 Å². The van der Waals surface area contributed by atoms with Gasteiger partial charge in [-0.3, -0.25) is 0 Å². The summed E-state index contributed by atoms with van der Waals surface area (Å²) in [6.07, 6.45) is 0. The summed E-state index contributed by atoms with van der Waals surface area (Å²) in [5.74, 6) is 0.244. The van der Waals surface area contributed by atoms with Crippen molar-refractivity contribution in [3.8, 4) is 0 Å². The zero-order chi connectivity index (χ0) is 15.4. The van der Waals surface area contributed by atoms with Gasteiger partial charge in [0.25, 0.3) is 0 Å². The molecule has 3 heteroatoms. The molecule has 112 valence electrons. The van der Waals surface area contributed by atoms with Gasteiger partial charge in [-0.25, -0.2) is 4.39 Å². The molecule has 0 amide bonds. The van der Waals surface area contributed by atoms with Gasteiger partial charge in [0, 0.05) is 22.1 Å². The molecule has 2 aromatic carbocycles. The third-order valence-electron chi connectivity index (χ3n) is 3.68. The van der Waals surface area contributed by atoms with Crippen molar-refractivity contribution in [3.05, 3.63) is 69.9 Å². The molecule has 2 rings (SSSR count). The average Bonchev–Trinajstić information content (AvgIpc) is 2.45. The van der Waals surface area contributed by atoms with Gasteiger partial charge in [-0.15, -0.1) is 0 Å². The normalized spacial score (nSPS) is 14.2. The Morgan fingerprint density at radius 2 is 1.67 bits per heavy atom. The molecule has 0 aliphatic rings. The first-order chi connectivity index (χ1) is 9.99. The lowest BCUT2D eigenvalue weighted by atomic mass is 9.94. The minimum atomic E-state index is -0.181. The first-order valence-corrected chi connectivity index (χ1v) is 8.04. The van der Waals surface area contributed by atoms with Crippen LogP contribution >= 0.6 is 15.9 Å². The van der Waals surface area contributed by atoms with E-state index in [1.54, 1.807) is 0 Å². The fraction of sp³-hybridized carbons (Fsp3) is 0.333. The molecule has 0 aliphatic carbocycles. The van der Waals surface area contributed by atoms with E-state index in [-0.39, 0.29) is 17.9 Å². The maximum absolute atomic E-state index is 14.1. The van der Waals surface area contributed by atoms with Crippen LogP contribution in [0.2, 0.25) is 0 Å². The molecule has 2 atom stereocenters. The molecule has 1 nitrogen and oxygen atoms in total. The molecule has 0 aliphatic heterocycles. The summed E-state index contributed by atoms with van der Waals surface area (Å²) >= 11 is 3.30. The Labute approximate surface area is 134 Å². The number of nitrogens with one attached hydrogen (secondary N) is 1. The van der Waals surface area contributed by atoms with Crippen molar-refractivity contribution in [1.82, 2.24) is 5.32 Å². The summed E-state index contributed by atoms with van der Waals surface area (Å²) in [5, 5.41) is 3.55. The molecule has 0 spiro atoms. The van der Waals surface area contributed by atoms with Crippen LogP contribution in [0.25, 0.3) is 0 Å². The van der Waals surface area contributed by atoms with Gasteiger partial charge in [0.2, 0.25) is 0 Å². The molecular formula is C18H21BrFN. The lowest BCUT2D eigenvalue weighted by molar-refractivity contribution is 0.369. The van der Waals surface area contributed by atoms with Crippen LogP contribution in [0.15, 0.2) is 53.0 Å². The fourth-order valence-electron chi connectivity index (χ4n) is 2.55. The highest BCUT2D eigenvalue weighted by molar-refractivity contribution is 9.10. The summed E-state index contributed by atoms with van der Waals surface area (Å²) in [7, 11) is 0. The van der Waals surface area contributed by atoms with E-state index in [2.05, 4.69) is 47.2 Å². The van der Waals surface area contributed by atoms with Gasteiger partial charge in [-0.1, -0.05) is 66.2 Å². The molecule has 2 aromatic rings. The van der Waals surface area contributed by atoms with Gasteiger partial charge in [-0.05, 0) is 30.5 Å². The molecule has 2 unspecified atom stereocenters. The molecular weight excluding hydrogens is 329 g/mol. The molecule has 0 heterocycles. The van der Waals surface area contributed by atoms with Crippen LogP contribution in [-0.4, -0.2) is 0 Å². The van der Waals surface area contributed by atoms with E-state index < -0.39 is 0 Å². The molecule has 0 saturated heterocycles. The first-order valence-electron chi connectivity index (χ1n) is 7.25. The van der Waals surface area contributed by atoms with Gasteiger partial charge in [-0.2, -0.15) is 0 Å². The number of rotatable bonds is 5. The Bertz CT molecular complexity index is 583. The minimum Gasteiger partial charge on any atom is -0.303 e. The van der Waals surface area contributed by atoms with Crippen molar-refractivity contribution < 1.29 is 4.39 Å². The van der Waals surface area contributed by atoms with Gasteiger partial charge in [0.05, 0.1) is 0 Å². The van der Waals surface area contributed by atoms with Gasteiger partial charge < -0.3 is 5.32 Å². The topological polar surface area (TPSA) is 12.0 Å². The van der Waals surface area contributed by atoms with Crippen molar-refractivity contribution in [2.45, 2.75) is 32.9 Å². The highest BCUT2D eigenvalue weighted by atomic mass is 79.9. The van der Waals surface area contributed by atoms with Crippen LogP contribution in [0.3, 0.4) is 0 Å². The van der Waals surface area contributed by atoms with E-state index in [1.807, 2.05) is 37.3 Å². The second kappa shape index (κ2) is 7.19. The highest BCUT2D eigenvalue weighted by Crippen LogP contribution is 2.27. The maximum Gasteiger partial charge on any atom is 0.129 e. The number of hydrogen-bond acceptors (Lipinski definition) is 1. The van der Waals surface area contributed by atoms with Crippen molar-refractivity contribution in [3.63, 3.8) is 0 Å². The maximum atomic E-state index is 14.1. The lowest BCUT2D eigenvalue weighted by Gasteiger charge is -2.27. The molecule has 0 radical (unpaired) electrons. The standard InChI is InChI=1S/C18H21BrFN/c1-12(2)18(14-7-5-4-6-8-14)21-13(3)16-10-9-15(19)11-17(16)20/h4-13,18,21H,1-3H3. The molecule has 21 heavy (non-hydrogen) atoms. The zero-order valence-corrected chi connectivity index (χ0v) is 14.2. The average molecular weight is 350 g/mol. The lowest BCUT2D eigenvalue weighted by Crippen LogP contribution is -2.29. The highest BCUT2D eigenvalue weighted by Gasteiger charge is 2.20. The quantitative estimate of drug-likeness (QED) is 0.736. The largest absolute Gasteiger partial charge is 0.303 e. The van der Waals surface area contributed by atoms with Gasteiger partial charge >= 0.3 is 0 Å². The smallest absolute Gasteiger partial charge is 0.129 e. The fourth-order valence-corrected chi connectivity index (χ4v) is 2.88. The van der Waals surface area contributed by atoms with Crippen molar-refractivity contribution in [2.24, 2.45) is 5.92 Å². The molecule has 0 saturated carbocycles. The van der Waals surface area contributed by atoms with Crippen LogP contribution < -0.4 is 5.32 Å². The van der Waals surface area contributed by atoms with Crippen LogP contribution in [0, 0.1) is 11.7 Å². The van der Waals surface area contributed by atoms with Gasteiger partial charge in [0.15, 0.2) is 0 Å². The predicted octanol–water partition coefficient (Wildman–Crippen LogP) is 5.64. The Hall–Kier alpha value is -1.19. The monoisotopic (exact) mass is 349 g/mol. The summed E-state index contributed by atoms with van der Waals surface area (Å²) in [6, 6.07) is 15.7. The van der Waals surface area contributed by atoms with Crippen LogP contribution in [0.1, 0.15) is 44.0 Å². The van der Waals surface area contributed by atoms with E-state index in [4.69, 9.17) is 0 Å². The second-order valence-corrected chi connectivity index (χ2v) is 6.60. The predicted molar refractivity (Wildman–Crippen MR) is 89.7 cm³/mol. The molecule has 0 aromatic heterocycles. The number of benzene rings is 2. The first kappa shape index (κ1) is 16.2. The van der Waals surface area contributed by atoms with Crippen molar-refractivity contribution >= 4 is 15.9 Å². The minimum absolute atomic E-state index is 0.0503. The Balaban J connectivity index is 2.21. The van der Waals surface area contributed by atoms with Gasteiger partial charge in [0.1, 0.15) is 5.82 Å². The Morgan fingerprint density at radius 1 is 1.00 bits per heavy atom. The summed E-state index contributed by atoms with van der Waals surface area (Å²) in [4.78, 5) is 0. The summed E-state index contributed by atoms with van der Waals surface area (Å²) < 4.78 is 14.8. The number of hydrogen-bond donors (Lipinski definition) is 1.